The van der Waals surface area contributed by atoms with Crippen LogP contribution in [0.25, 0.3) is 0 Å². The molecule has 1 aromatic heterocycles. The van der Waals surface area contributed by atoms with E-state index >= 15 is 0 Å². The molecular formula is C12H21N3O4S. The van der Waals surface area contributed by atoms with Crippen LogP contribution in [-0.2, 0) is 21.4 Å². The molecule has 0 unspecified atom stereocenters. The van der Waals surface area contributed by atoms with Crippen LogP contribution in [0.4, 0.5) is 0 Å². The van der Waals surface area contributed by atoms with E-state index in [1.807, 2.05) is 0 Å². The number of hydrogen-bond donors (Lipinski definition) is 2. The Kier molecular flexibility index (Phi) is 4.60. The van der Waals surface area contributed by atoms with Gasteiger partial charge in [0.1, 0.15) is 4.90 Å². The normalized spacial score (nSPS) is 12.7. The van der Waals surface area contributed by atoms with E-state index in [-0.39, 0.29) is 17.9 Å². The number of carboxylic acid groups (broad SMARTS) is 1. The van der Waals surface area contributed by atoms with Gasteiger partial charge >= 0.3 is 5.97 Å². The Hall–Kier alpha value is -1.41. The number of rotatable bonds is 5. The van der Waals surface area contributed by atoms with Gasteiger partial charge in [-0.1, -0.05) is 0 Å². The number of nitrogens with one attached hydrogen (secondary N) is 1. The van der Waals surface area contributed by atoms with Crippen LogP contribution in [0.2, 0.25) is 0 Å². The van der Waals surface area contributed by atoms with Crippen molar-refractivity contribution in [3.63, 3.8) is 0 Å². The highest BCUT2D eigenvalue weighted by molar-refractivity contribution is 7.89. The molecule has 0 aromatic carbocycles. The van der Waals surface area contributed by atoms with Crippen molar-refractivity contribution in [3.05, 3.63) is 11.4 Å². The van der Waals surface area contributed by atoms with Gasteiger partial charge in [-0.3, -0.25) is 9.48 Å². The lowest BCUT2D eigenvalue weighted by molar-refractivity contribution is -0.137. The summed E-state index contributed by atoms with van der Waals surface area (Å²) in [7, 11) is -3.68. The molecule has 2 N–H and O–H groups in total. The standard InChI is InChI=1S/C12H21N3O4S/c1-8-11(20(18,19)14-12(3,4)5)9(2)15(13-8)7-6-10(16)17/h14H,6-7H2,1-5H3,(H,16,17). The largest absolute Gasteiger partial charge is 0.481 e. The predicted octanol–water partition coefficient (Wildman–Crippen LogP) is 1.05. The molecule has 0 saturated heterocycles. The maximum Gasteiger partial charge on any atom is 0.305 e. The number of carbonyl (C=O) groups is 1. The van der Waals surface area contributed by atoms with E-state index in [4.69, 9.17) is 5.11 Å². The van der Waals surface area contributed by atoms with Gasteiger partial charge in [0, 0.05) is 5.54 Å². The van der Waals surface area contributed by atoms with Crippen LogP contribution in [0.15, 0.2) is 4.90 Å². The second-order valence-corrected chi connectivity index (χ2v) is 7.34. The number of aliphatic carboxylic acids is 1. The molecule has 0 radical (unpaired) electrons. The lowest BCUT2D eigenvalue weighted by Gasteiger charge is -2.20. The van der Waals surface area contributed by atoms with Crippen LogP contribution in [-0.4, -0.2) is 34.8 Å². The maximum absolute atomic E-state index is 12.4. The van der Waals surface area contributed by atoms with Crippen molar-refractivity contribution in [2.45, 2.75) is 58.0 Å². The fourth-order valence-electron chi connectivity index (χ4n) is 1.94. The molecule has 114 valence electrons. The first-order valence-electron chi connectivity index (χ1n) is 6.24. The quantitative estimate of drug-likeness (QED) is 0.846. The van der Waals surface area contributed by atoms with Crippen molar-refractivity contribution >= 4 is 16.0 Å². The van der Waals surface area contributed by atoms with Gasteiger partial charge in [0.2, 0.25) is 10.0 Å². The van der Waals surface area contributed by atoms with Gasteiger partial charge in [0.25, 0.3) is 0 Å². The predicted molar refractivity (Wildman–Crippen MR) is 74.0 cm³/mol. The van der Waals surface area contributed by atoms with Gasteiger partial charge in [0.05, 0.1) is 24.4 Å². The van der Waals surface area contributed by atoms with E-state index in [2.05, 4.69) is 9.82 Å². The fourth-order valence-corrected chi connectivity index (χ4v) is 3.78. The van der Waals surface area contributed by atoms with E-state index < -0.39 is 21.5 Å². The molecule has 0 amide bonds. The Bertz CT molecular complexity index is 611. The average molecular weight is 303 g/mol. The third-order valence-electron chi connectivity index (χ3n) is 2.56. The van der Waals surface area contributed by atoms with Gasteiger partial charge in [0.15, 0.2) is 0 Å². The molecule has 8 heteroatoms. The van der Waals surface area contributed by atoms with E-state index in [0.717, 1.165) is 0 Å². The first kappa shape index (κ1) is 16.6. The van der Waals surface area contributed by atoms with Crippen LogP contribution >= 0.6 is 0 Å². The van der Waals surface area contributed by atoms with Crippen LogP contribution < -0.4 is 4.72 Å². The molecule has 1 aromatic rings. The van der Waals surface area contributed by atoms with Crippen molar-refractivity contribution in [2.24, 2.45) is 0 Å². The molecule has 0 aliphatic heterocycles. The molecule has 0 aliphatic carbocycles. The number of sulfonamides is 1. The Balaban J connectivity index is 3.17. The third kappa shape index (κ3) is 4.04. The zero-order valence-electron chi connectivity index (χ0n) is 12.4. The van der Waals surface area contributed by atoms with Gasteiger partial charge < -0.3 is 5.11 Å². The minimum Gasteiger partial charge on any atom is -0.481 e. The maximum atomic E-state index is 12.4. The molecule has 0 saturated carbocycles. The summed E-state index contributed by atoms with van der Waals surface area (Å²) in [5, 5.41) is 12.8. The average Bonchev–Trinajstić information content (AvgIpc) is 2.47. The molecule has 0 fully saturated rings. The topological polar surface area (TPSA) is 101 Å². The lowest BCUT2D eigenvalue weighted by Crippen LogP contribution is -2.40. The summed E-state index contributed by atoms with van der Waals surface area (Å²) >= 11 is 0. The summed E-state index contributed by atoms with van der Waals surface area (Å²) in [6.07, 6.45) is -0.103. The van der Waals surface area contributed by atoms with Gasteiger partial charge in [-0.2, -0.15) is 5.10 Å². The molecule has 7 nitrogen and oxygen atoms in total. The second-order valence-electron chi connectivity index (χ2n) is 5.72. The minimum absolute atomic E-state index is 0.103. The van der Waals surface area contributed by atoms with E-state index in [0.29, 0.717) is 11.4 Å². The molecule has 0 spiro atoms. The number of aryl methyl sites for hydroxylation is 2. The Morgan fingerprint density at radius 1 is 1.35 bits per heavy atom. The van der Waals surface area contributed by atoms with E-state index in [1.54, 1.807) is 34.6 Å². The van der Waals surface area contributed by atoms with Crippen LogP contribution in [0, 0.1) is 13.8 Å². The van der Waals surface area contributed by atoms with Crippen molar-refractivity contribution in [1.82, 2.24) is 14.5 Å². The highest BCUT2D eigenvalue weighted by Gasteiger charge is 2.28. The first-order valence-corrected chi connectivity index (χ1v) is 7.72. The number of nitrogens with zero attached hydrogens (tertiary/aromatic N) is 2. The minimum atomic E-state index is -3.68. The molecule has 20 heavy (non-hydrogen) atoms. The highest BCUT2D eigenvalue weighted by atomic mass is 32.2. The highest BCUT2D eigenvalue weighted by Crippen LogP contribution is 2.21. The Morgan fingerprint density at radius 3 is 2.35 bits per heavy atom. The summed E-state index contributed by atoms with van der Waals surface area (Å²) in [6, 6.07) is 0. The first-order chi connectivity index (χ1) is 8.94. The van der Waals surface area contributed by atoms with E-state index in [9.17, 15) is 13.2 Å². The molecule has 1 rings (SSSR count). The number of hydrogen-bond acceptors (Lipinski definition) is 4. The zero-order valence-corrected chi connectivity index (χ0v) is 13.2. The molecule has 0 atom stereocenters. The smallest absolute Gasteiger partial charge is 0.305 e. The Morgan fingerprint density at radius 2 is 1.90 bits per heavy atom. The van der Waals surface area contributed by atoms with Crippen LogP contribution in [0.5, 0.6) is 0 Å². The number of aromatic nitrogens is 2. The number of carboxylic acids is 1. The monoisotopic (exact) mass is 303 g/mol. The van der Waals surface area contributed by atoms with Gasteiger partial charge in [-0.05, 0) is 34.6 Å². The summed E-state index contributed by atoms with van der Waals surface area (Å²) in [5.74, 6) is -0.949. The van der Waals surface area contributed by atoms with Gasteiger partial charge in [-0.25, -0.2) is 13.1 Å². The fraction of sp³-hybridized carbons (Fsp3) is 0.667. The third-order valence-corrected chi connectivity index (χ3v) is 4.57. The molecule has 0 bridgehead atoms. The second kappa shape index (κ2) is 5.53. The van der Waals surface area contributed by atoms with Crippen molar-refractivity contribution in [2.75, 3.05) is 0 Å². The summed E-state index contributed by atoms with van der Waals surface area (Å²) in [6.45, 7) is 8.63. The molecule has 0 aliphatic rings. The molecule has 1 heterocycles. The SMILES string of the molecule is Cc1nn(CCC(=O)O)c(C)c1S(=O)(=O)NC(C)(C)C. The van der Waals surface area contributed by atoms with Crippen molar-refractivity contribution in [1.29, 1.82) is 0 Å². The van der Waals surface area contributed by atoms with Crippen LogP contribution in [0.1, 0.15) is 38.6 Å². The Labute approximate surface area is 119 Å². The van der Waals surface area contributed by atoms with Crippen molar-refractivity contribution in [3.8, 4) is 0 Å². The van der Waals surface area contributed by atoms with E-state index in [1.165, 1.54) is 4.68 Å². The zero-order chi connectivity index (χ0) is 15.7. The summed E-state index contributed by atoms with van der Waals surface area (Å²) in [4.78, 5) is 10.7. The van der Waals surface area contributed by atoms with Gasteiger partial charge in [-0.15, -0.1) is 0 Å². The summed E-state index contributed by atoms with van der Waals surface area (Å²) in [5.41, 5.74) is 0.214. The summed E-state index contributed by atoms with van der Waals surface area (Å²) < 4.78 is 28.7. The lowest BCUT2D eigenvalue weighted by atomic mass is 10.1. The van der Waals surface area contributed by atoms with Crippen LogP contribution in [0.3, 0.4) is 0 Å². The van der Waals surface area contributed by atoms with Crippen molar-refractivity contribution < 1.29 is 18.3 Å². The molecular weight excluding hydrogens is 282 g/mol.